The van der Waals surface area contributed by atoms with Crippen LogP contribution < -0.4 is 4.90 Å². The third-order valence-electron chi connectivity index (χ3n) is 30.8. The van der Waals surface area contributed by atoms with Gasteiger partial charge >= 0.3 is 0 Å². The molecule has 616 valence electrons. The molecule has 0 amide bonds. The Kier molecular flexibility index (Phi) is 19.5. The molecule has 2 aromatic heterocycles. The predicted molar refractivity (Wildman–Crippen MR) is 525 cm³/mol. The van der Waals surface area contributed by atoms with Crippen molar-refractivity contribution >= 4 is 60.9 Å². The van der Waals surface area contributed by atoms with E-state index in [-0.39, 0.29) is 10.8 Å². The van der Waals surface area contributed by atoms with Gasteiger partial charge in [-0.3, -0.25) is 0 Å². The van der Waals surface area contributed by atoms with Gasteiger partial charge < -0.3 is 13.7 Å². The number of hydrogen-bond donors (Lipinski definition) is 0. The number of rotatable bonds is 29. The highest BCUT2D eigenvalue weighted by molar-refractivity contribution is 6.22. The molecule has 0 saturated heterocycles. The Morgan fingerprint density at radius 1 is 0.232 bits per heavy atom. The van der Waals surface area contributed by atoms with Crippen LogP contribution in [-0.4, -0.2) is 0 Å². The second-order valence-corrected chi connectivity index (χ2v) is 37.5. The minimum Gasteiger partial charge on any atom is -0.456 e. The lowest BCUT2D eigenvalue weighted by atomic mass is 9.62. The molecule has 0 N–H and O–H groups in total. The van der Waals surface area contributed by atoms with Crippen LogP contribution in [0.4, 0.5) is 17.1 Å². The normalized spacial score (nSPS) is 14.6. The van der Waals surface area contributed by atoms with Crippen LogP contribution in [0.3, 0.4) is 0 Å². The first kappa shape index (κ1) is 77.5. The highest BCUT2D eigenvalue weighted by Gasteiger charge is 2.59. The summed E-state index contributed by atoms with van der Waals surface area (Å²) in [6, 6.07) is 121. The quantitative estimate of drug-likeness (QED) is 0.0438. The monoisotopic (exact) mass is 1620 g/mol. The largest absolute Gasteiger partial charge is 0.456 e. The van der Waals surface area contributed by atoms with Crippen LogP contribution >= 0.6 is 0 Å². The van der Waals surface area contributed by atoms with Crippen LogP contribution in [0, 0.1) is 0 Å². The Balaban J connectivity index is 0.825. The molecule has 2 spiro atoms. The molecular formula is C122H111NO2. The molecular weight excluding hydrogens is 1510 g/mol. The molecule has 0 saturated carbocycles. The van der Waals surface area contributed by atoms with Gasteiger partial charge in [-0.2, -0.15) is 0 Å². The first-order chi connectivity index (χ1) is 61.9. The Bertz CT molecular complexity index is 6900. The molecule has 125 heavy (non-hydrogen) atoms. The van der Waals surface area contributed by atoms with E-state index in [1.165, 1.54) is 277 Å². The zero-order valence-electron chi connectivity index (χ0n) is 73.2. The molecule has 0 fully saturated rings. The molecule has 23 rings (SSSR count). The summed E-state index contributed by atoms with van der Waals surface area (Å²) in [6.45, 7) is 9.53. The summed E-state index contributed by atoms with van der Waals surface area (Å²) in [5, 5.41) is 4.88. The third-order valence-corrected chi connectivity index (χ3v) is 30.8. The zero-order chi connectivity index (χ0) is 83.5. The number of para-hydroxylation sites is 3. The summed E-state index contributed by atoms with van der Waals surface area (Å²) in [7, 11) is 0. The van der Waals surface area contributed by atoms with Gasteiger partial charge in [0.25, 0.3) is 0 Å². The zero-order valence-corrected chi connectivity index (χ0v) is 73.2. The summed E-state index contributed by atoms with van der Waals surface area (Å²) in [6.07, 6.45) is 29.0. The Morgan fingerprint density at radius 2 is 0.608 bits per heavy atom. The van der Waals surface area contributed by atoms with Crippen molar-refractivity contribution in [3.63, 3.8) is 0 Å². The molecule has 0 atom stereocenters. The van der Waals surface area contributed by atoms with Crippen LogP contribution in [0.15, 0.2) is 318 Å². The maximum Gasteiger partial charge on any atom is 0.144 e. The van der Waals surface area contributed by atoms with Gasteiger partial charge in [-0.1, -0.05) is 411 Å². The molecule has 0 bridgehead atoms. The number of benzene rings is 15. The summed E-state index contributed by atoms with van der Waals surface area (Å²) < 4.78 is 14.9. The predicted octanol–water partition coefficient (Wildman–Crippen LogP) is 35.0. The van der Waals surface area contributed by atoms with Crippen molar-refractivity contribution < 1.29 is 8.83 Å². The average Bonchev–Trinajstić information content (AvgIpc) is 1.49. The van der Waals surface area contributed by atoms with Crippen molar-refractivity contribution in [1.82, 2.24) is 0 Å². The van der Waals surface area contributed by atoms with Crippen molar-refractivity contribution in [3.8, 4) is 89.0 Å². The molecule has 0 unspecified atom stereocenters. The molecule has 6 aliphatic carbocycles. The second kappa shape index (κ2) is 31.4. The first-order valence-corrected chi connectivity index (χ1v) is 47.9. The van der Waals surface area contributed by atoms with E-state index >= 15 is 0 Å². The van der Waals surface area contributed by atoms with Crippen LogP contribution in [-0.2, 0) is 21.7 Å². The summed E-state index contributed by atoms with van der Waals surface area (Å²) >= 11 is 0. The summed E-state index contributed by atoms with van der Waals surface area (Å²) in [4.78, 5) is 2.78. The van der Waals surface area contributed by atoms with E-state index in [0.29, 0.717) is 0 Å². The van der Waals surface area contributed by atoms with Crippen molar-refractivity contribution in [2.45, 2.75) is 203 Å². The molecule has 3 heteroatoms. The van der Waals surface area contributed by atoms with E-state index in [1.54, 1.807) is 16.7 Å². The van der Waals surface area contributed by atoms with Gasteiger partial charge in [0.2, 0.25) is 0 Å². The fraction of sp³-hybridized carbons (Fsp3) is 0.262. The van der Waals surface area contributed by atoms with Gasteiger partial charge in [-0.05, 0) is 219 Å². The number of unbranched alkanes of at least 4 members (excludes halogenated alkanes) is 16. The van der Waals surface area contributed by atoms with E-state index < -0.39 is 10.8 Å². The van der Waals surface area contributed by atoms with E-state index in [1.807, 2.05) is 0 Å². The van der Waals surface area contributed by atoms with Gasteiger partial charge in [-0.15, -0.1) is 0 Å². The number of hydrogen-bond acceptors (Lipinski definition) is 3. The number of furan rings is 2. The summed E-state index contributed by atoms with van der Waals surface area (Å²) in [5.74, 6) is 0. The third kappa shape index (κ3) is 11.5. The van der Waals surface area contributed by atoms with Crippen molar-refractivity contribution in [1.29, 1.82) is 0 Å². The van der Waals surface area contributed by atoms with Crippen molar-refractivity contribution in [2.24, 2.45) is 0 Å². The number of nitrogens with zero attached hydrogens (tertiary/aromatic N) is 1. The maximum atomic E-state index is 7.85. The number of fused-ring (bicyclic) bond motifs is 36. The molecule has 2 heterocycles. The van der Waals surface area contributed by atoms with E-state index in [0.717, 1.165) is 77.6 Å². The smallest absolute Gasteiger partial charge is 0.144 e. The minimum atomic E-state index is -0.762. The molecule has 17 aromatic rings. The number of anilines is 3. The fourth-order valence-electron chi connectivity index (χ4n) is 25.6. The van der Waals surface area contributed by atoms with Crippen LogP contribution in [0.2, 0.25) is 0 Å². The lowest BCUT2D eigenvalue weighted by molar-refractivity contribution is 0.369. The average molecular weight is 1620 g/mol. The highest BCUT2D eigenvalue weighted by Crippen LogP contribution is 2.72. The van der Waals surface area contributed by atoms with Crippen molar-refractivity contribution in [2.75, 3.05) is 4.90 Å². The van der Waals surface area contributed by atoms with E-state index in [9.17, 15) is 0 Å². The lowest BCUT2D eigenvalue weighted by Crippen LogP contribution is -2.33. The van der Waals surface area contributed by atoms with E-state index in [4.69, 9.17) is 8.83 Å². The molecule has 15 aromatic carbocycles. The van der Waals surface area contributed by atoms with Crippen molar-refractivity contribution in [3.05, 3.63) is 376 Å². The Morgan fingerprint density at radius 3 is 1.14 bits per heavy atom. The lowest BCUT2D eigenvalue weighted by Gasteiger charge is -2.40. The minimum absolute atomic E-state index is 0.210. The second-order valence-electron chi connectivity index (χ2n) is 37.5. The summed E-state index contributed by atoms with van der Waals surface area (Å²) in [5.41, 5.74) is 42.8. The van der Waals surface area contributed by atoms with Gasteiger partial charge in [-0.25, -0.2) is 0 Å². The topological polar surface area (TPSA) is 29.5 Å². The molecule has 0 radical (unpaired) electrons. The molecule has 0 aliphatic heterocycles. The standard InChI is InChI=1S/C122H111NO2/c1-5-9-13-17-41-72-119(73-42-18-14-10-6-2)97-59-34-31-54-91(97)112-113-94-56-33-40-65-108(94)125-118(113)114-92-69-67-82(76-103(92)120(116(114)115(112)119,74-43-19-15-11-7-3)75-44-20-16-12-8-4)123(117-84(80-46-23-21-24-47-80)57-45-58-85(117)81-48-25-22-26-49-81)83-66-68-90-95-78-106-96(79-105(95)122(104(90)77-83)100-62-37-29-52-88(100)89-53-30-38-63-101(89)122)110-102(70-71-109-111(110)93-55-32-39-64-107(93)124-109)121(106)98-60-35-27-50-86(98)87-51-28-36-61-99(87)121/h21-40,45-71,76-79H,5-20,41-44,72-75H2,1-4H3. The van der Waals surface area contributed by atoms with Crippen LogP contribution in [0.1, 0.15) is 249 Å². The van der Waals surface area contributed by atoms with Gasteiger partial charge in [0.1, 0.15) is 22.3 Å². The van der Waals surface area contributed by atoms with Gasteiger partial charge in [0, 0.05) is 60.4 Å². The highest BCUT2D eigenvalue weighted by atomic mass is 16.3. The Labute approximate surface area is 738 Å². The fourth-order valence-corrected chi connectivity index (χ4v) is 25.6. The SMILES string of the molecule is CCCCCCCC1(CCCCCCC)c2cc(N(c3ccc4c(c3)C3(c5ccccc5-c5ccccc53)c3cc5c(cc3-4)C3(c4ccccc4-c4ccccc43)c3ccc4oc6ccccc6c4c3-5)c3c(-c4ccccc4)cccc3-c3ccccc3)ccc2-c2c1c1c(c3c2oc2ccccc23)-c2ccccc2C1(CCCCCCC)CCCCCCC. The molecule has 3 nitrogen and oxygen atoms in total. The molecule has 6 aliphatic rings. The van der Waals surface area contributed by atoms with Gasteiger partial charge in [0.15, 0.2) is 0 Å². The van der Waals surface area contributed by atoms with E-state index in [2.05, 4.69) is 342 Å². The first-order valence-electron chi connectivity index (χ1n) is 47.9. The van der Waals surface area contributed by atoms with Crippen LogP contribution in [0.5, 0.6) is 0 Å². The van der Waals surface area contributed by atoms with Crippen LogP contribution in [0.25, 0.3) is 133 Å². The van der Waals surface area contributed by atoms with Gasteiger partial charge in [0.05, 0.1) is 16.5 Å². The maximum absolute atomic E-state index is 7.85. The Hall–Kier alpha value is -12.3.